The zero-order valence-electron chi connectivity index (χ0n) is 9.65. The van der Waals surface area contributed by atoms with Gasteiger partial charge in [-0.3, -0.25) is 10.1 Å². The summed E-state index contributed by atoms with van der Waals surface area (Å²) in [6.07, 6.45) is 5.05. The summed E-state index contributed by atoms with van der Waals surface area (Å²) in [5.74, 6) is 0. The number of nitrogens with zero attached hydrogens (tertiary/aromatic N) is 1. The van der Waals surface area contributed by atoms with Crippen molar-refractivity contribution in [1.29, 1.82) is 0 Å². The summed E-state index contributed by atoms with van der Waals surface area (Å²) in [7, 11) is 0. The molecule has 0 saturated carbocycles. The van der Waals surface area contributed by atoms with Gasteiger partial charge >= 0.3 is 0 Å². The van der Waals surface area contributed by atoms with Gasteiger partial charge in [-0.25, -0.2) is 0 Å². The summed E-state index contributed by atoms with van der Waals surface area (Å²) in [5, 5.41) is 14.0. The fraction of sp³-hybridized carbons (Fsp3) is 0.333. The highest BCUT2D eigenvalue weighted by Crippen LogP contribution is 2.25. The topological polar surface area (TPSA) is 55.2 Å². The number of nitro benzene ring substituents is 1. The number of nitrogens with one attached hydrogen (secondary N) is 1. The minimum Gasteiger partial charge on any atom is -0.312 e. The number of hydrogen-bond donors (Lipinski definition) is 1. The number of nitro groups is 1. The van der Waals surface area contributed by atoms with E-state index < -0.39 is 0 Å². The summed E-state index contributed by atoms with van der Waals surface area (Å²) in [5.41, 5.74) is 1.03. The Balaban J connectivity index is 2.54. The van der Waals surface area contributed by atoms with Crippen LogP contribution in [0.3, 0.4) is 0 Å². The zero-order valence-corrected chi connectivity index (χ0v) is 11.2. The van der Waals surface area contributed by atoms with Gasteiger partial charge in [0.05, 0.1) is 9.40 Å². The second-order valence-corrected chi connectivity index (χ2v) is 4.43. The summed E-state index contributed by atoms with van der Waals surface area (Å²) in [4.78, 5) is 10.4. The van der Waals surface area contributed by atoms with Crippen LogP contribution in [0.25, 0.3) is 0 Å². The number of allylic oxidation sites excluding steroid dienone is 1. The van der Waals surface area contributed by atoms with E-state index in [4.69, 9.17) is 0 Å². The van der Waals surface area contributed by atoms with Crippen LogP contribution >= 0.6 is 15.9 Å². The van der Waals surface area contributed by atoms with E-state index in [0.717, 1.165) is 18.5 Å². The fourth-order valence-corrected chi connectivity index (χ4v) is 1.78. The summed E-state index contributed by atoms with van der Waals surface area (Å²) >= 11 is 3.16. The molecule has 0 fully saturated rings. The molecule has 0 bridgehead atoms. The first kappa shape index (κ1) is 13.9. The monoisotopic (exact) mass is 298 g/mol. The van der Waals surface area contributed by atoms with Gasteiger partial charge in [-0.1, -0.05) is 18.2 Å². The molecule has 0 aliphatic heterocycles. The average molecular weight is 299 g/mol. The third-order valence-corrected chi connectivity index (χ3v) is 2.93. The van der Waals surface area contributed by atoms with Gasteiger partial charge in [0.25, 0.3) is 5.69 Å². The molecule has 1 rings (SSSR count). The van der Waals surface area contributed by atoms with Gasteiger partial charge in [0.1, 0.15) is 0 Å². The first-order chi connectivity index (χ1) is 8.15. The zero-order chi connectivity index (χ0) is 12.7. The van der Waals surface area contributed by atoms with Crippen LogP contribution in [0.5, 0.6) is 0 Å². The molecule has 0 spiro atoms. The Morgan fingerprint density at radius 1 is 1.53 bits per heavy atom. The van der Waals surface area contributed by atoms with Crippen molar-refractivity contribution in [2.75, 3.05) is 6.54 Å². The van der Waals surface area contributed by atoms with Crippen LogP contribution in [-0.2, 0) is 6.54 Å². The molecule has 0 atom stereocenters. The third-order valence-electron chi connectivity index (χ3n) is 2.26. The molecular weight excluding hydrogens is 284 g/mol. The SMILES string of the molecule is C/C=C/CCNCc1ccc(Br)c([N+](=O)[O-])c1. The molecule has 1 aromatic carbocycles. The first-order valence-corrected chi connectivity index (χ1v) is 6.19. The van der Waals surface area contributed by atoms with Crippen molar-refractivity contribution in [3.8, 4) is 0 Å². The largest absolute Gasteiger partial charge is 0.312 e. The van der Waals surface area contributed by atoms with E-state index in [1.807, 2.05) is 19.1 Å². The van der Waals surface area contributed by atoms with Crippen molar-refractivity contribution in [1.82, 2.24) is 5.32 Å². The van der Waals surface area contributed by atoms with Gasteiger partial charge in [-0.2, -0.15) is 0 Å². The van der Waals surface area contributed by atoms with Crippen LogP contribution in [0, 0.1) is 10.1 Å². The quantitative estimate of drug-likeness (QED) is 0.379. The standard InChI is InChI=1S/C12H15BrN2O2/c1-2-3-4-7-14-9-10-5-6-11(13)12(8-10)15(16)17/h2-3,5-6,8,14H,4,7,9H2,1H3/b3-2+. The van der Waals surface area contributed by atoms with Crippen LogP contribution in [0.1, 0.15) is 18.9 Å². The Kier molecular flexibility index (Phi) is 5.86. The van der Waals surface area contributed by atoms with Crippen molar-refractivity contribution in [3.63, 3.8) is 0 Å². The van der Waals surface area contributed by atoms with Gasteiger partial charge in [0, 0.05) is 12.6 Å². The number of halogens is 1. The lowest BCUT2D eigenvalue weighted by Gasteiger charge is -2.04. The van der Waals surface area contributed by atoms with Gasteiger partial charge in [0.15, 0.2) is 0 Å². The van der Waals surface area contributed by atoms with Crippen LogP contribution < -0.4 is 5.32 Å². The van der Waals surface area contributed by atoms with E-state index in [-0.39, 0.29) is 10.6 Å². The van der Waals surface area contributed by atoms with Crippen molar-refractivity contribution >= 4 is 21.6 Å². The fourth-order valence-electron chi connectivity index (χ4n) is 1.39. The predicted octanol–water partition coefficient (Wildman–Crippen LogP) is 3.41. The maximum Gasteiger partial charge on any atom is 0.283 e. The van der Waals surface area contributed by atoms with Crippen LogP contribution in [-0.4, -0.2) is 11.5 Å². The number of hydrogen-bond acceptors (Lipinski definition) is 3. The smallest absolute Gasteiger partial charge is 0.283 e. The maximum atomic E-state index is 10.7. The highest BCUT2D eigenvalue weighted by Gasteiger charge is 2.11. The molecule has 5 heteroatoms. The number of benzene rings is 1. The molecule has 4 nitrogen and oxygen atoms in total. The van der Waals surface area contributed by atoms with E-state index in [9.17, 15) is 10.1 Å². The minimum absolute atomic E-state index is 0.109. The van der Waals surface area contributed by atoms with Gasteiger partial charge < -0.3 is 5.32 Å². The van der Waals surface area contributed by atoms with Crippen LogP contribution in [0.4, 0.5) is 5.69 Å². The Morgan fingerprint density at radius 2 is 2.29 bits per heavy atom. The summed E-state index contributed by atoms with van der Waals surface area (Å²) in [6, 6.07) is 5.17. The molecule has 0 saturated heterocycles. The third kappa shape index (κ3) is 4.66. The van der Waals surface area contributed by atoms with Gasteiger partial charge in [-0.05, 0) is 47.4 Å². The van der Waals surface area contributed by atoms with Crippen LogP contribution in [0.2, 0.25) is 0 Å². The molecule has 1 aromatic rings. The maximum absolute atomic E-state index is 10.7. The van der Waals surface area contributed by atoms with E-state index in [1.165, 1.54) is 0 Å². The van der Waals surface area contributed by atoms with Gasteiger partial charge in [0.2, 0.25) is 0 Å². The average Bonchev–Trinajstić information content (AvgIpc) is 2.30. The lowest BCUT2D eigenvalue weighted by atomic mass is 10.2. The minimum atomic E-state index is -0.382. The van der Waals surface area contributed by atoms with Crippen molar-refractivity contribution < 1.29 is 4.92 Å². The lowest BCUT2D eigenvalue weighted by Crippen LogP contribution is -2.14. The van der Waals surface area contributed by atoms with E-state index in [0.29, 0.717) is 11.0 Å². The van der Waals surface area contributed by atoms with Gasteiger partial charge in [-0.15, -0.1) is 0 Å². The highest BCUT2D eigenvalue weighted by molar-refractivity contribution is 9.10. The molecule has 0 heterocycles. The Bertz CT molecular complexity index is 419. The molecule has 92 valence electrons. The predicted molar refractivity (Wildman–Crippen MR) is 71.9 cm³/mol. The molecule has 0 radical (unpaired) electrons. The van der Waals surface area contributed by atoms with E-state index >= 15 is 0 Å². The molecule has 17 heavy (non-hydrogen) atoms. The highest BCUT2D eigenvalue weighted by atomic mass is 79.9. The second-order valence-electron chi connectivity index (χ2n) is 3.58. The summed E-state index contributed by atoms with van der Waals surface area (Å²) in [6.45, 7) is 3.50. The Labute approximate surface area is 109 Å². The van der Waals surface area contributed by atoms with Crippen LogP contribution in [0.15, 0.2) is 34.8 Å². The first-order valence-electron chi connectivity index (χ1n) is 5.40. The molecule has 0 unspecified atom stereocenters. The van der Waals surface area contributed by atoms with E-state index in [2.05, 4.69) is 27.3 Å². The molecule has 1 N–H and O–H groups in total. The molecule has 0 aliphatic carbocycles. The lowest BCUT2D eigenvalue weighted by molar-refractivity contribution is -0.385. The normalized spacial score (nSPS) is 10.9. The van der Waals surface area contributed by atoms with Crippen molar-refractivity contribution in [3.05, 3.63) is 50.5 Å². The molecule has 0 aliphatic rings. The molecule has 0 aromatic heterocycles. The Morgan fingerprint density at radius 3 is 2.94 bits per heavy atom. The summed E-state index contributed by atoms with van der Waals surface area (Å²) < 4.78 is 0.514. The Hall–Kier alpha value is -1.20. The molecule has 0 amide bonds. The van der Waals surface area contributed by atoms with E-state index in [1.54, 1.807) is 12.1 Å². The molecular formula is C12H15BrN2O2. The second kappa shape index (κ2) is 7.19. The van der Waals surface area contributed by atoms with Crippen molar-refractivity contribution in [2.45, 2.75) is 19.9 Å². The van der Waals surface area contributed by atoms with Crippen molar-refractivity contribution in [2.24, 2.45) is 0 Å². The number of rotatable bonds is 6.